The molecule has 2 nitrogen and oxygen atoms in total. The molecule has 1 aromatic carbocycles. The summed E-state index contributed by atoms with van der Waals surface area (Å²) >= 11 is 0. The Kier molecular flexibility index (Phi) is 4.36. The number of ether oxygens (including phenoxy) is 1. The third-order valence-corrected chi connectivity index (χ3v) is 2.99. The van der Waals surface area contributed by atoms with Crippen LogP contribution < -0.4 is 10.1 Å². The maximum atomic E-state index is 6.11. The van der Waals surface area contributed by atoms with Crippen molar-refractivity contribution in [2.75, 3.05) is 13.6 Å². The van der Waals surface area contributed by atoms with Crippen molar-refractivity contribution >= 4 is 0 Å². The topological polar surface area (TPSA) is 21.3 Å². The van der Waals surface area contributed by atoms with E-state index < -0.39 is 0 Å². The Balaban J connectivity index is 2.85. The second kappa shape index (κ2) is 5.35. The summed E-state index contributed by atoms with van der Waals surface area (Å²) in [6.45, 7) is 9.35. The lowest BCUT2D eigenvalue weighted by Crippen LogP contribution is -2.41. The first-order chi connectivity index (χ1) is 7.50. The van der Waals surface area contributed by atoms with Crippen LogP contribution in [0.25, 0.3) is 0 Å². The fourth-order valence-corrected chi connectivity index (χ4v) is 1.79. The largest absolute Gasteiger partial charge is 0.486 e. The van der Waals surface area contributed by atoms with Crippen molar-refractivity contribution in [3.05, 3.63) is 29.3 Å². The lowest BCUT2D eigenvalue weighted by molar-refractivity contribution is 0.0849. The molecule has 0 amide bonds. The van der Waals surface area contributed by atoms with Gasteiger partial charge in [-0.1, -0.05) is 24.6 Å². The molecule has 1 aromatic rings. The SMILES string of the molecule is CCC(C)(CNC)Oc1ccc(C)cc1C. The molecular formula is C14H23NO. The molecule has 0 aliphatic carbocycles. The van der Waals surface area contributed by atoms with E-state index in [1.807, 2.05) is 7.05 Å². The molecule has 1 N–H and O–H groups in total. The van der Waals surface area contributed by atoms with Crippen LogP contribution in [0.2, 0.25) is 0 Å². The van der Waals surface area contributed by atoms with Gasteiger partial charge in [-0.3, -0.25) is 0 Å². The Hall–Kier alpha value is -1.02. The molecule has 0 fully saturated rings. The van der Waals surface area contributed by atoms with Crippen LogP contribution in [0.4, 0.5) is 0 Å². The fourth-order valence-electron chi connectivity index (χ4n) is 1.79. The van der Waals surface area contributed by atoms with Crippen molar-refractivity contribution < 1.29 is 4.74 Å². The molecule has 0 radical (unpaired) electrons. The molecule has 0 aliphatic rings. The molecule has 0 spiro atoms. The molecular weight excluding hydrogens is 198 g/mol. The van der Waals surface area contributed by atoms with Crippen LogP contribution in [0.15, 0.2) is 18.2 Å². The lowest BCUT2D eigenvalue weighted by atomic mass is 10.0. The third kappa shape index (κ3) is 3.24. The van der Waals surface area contributed by atoms with Gasteiger partial charge in [-0.2, -0.15) is 0 Å². The van der Waals surface area contributed by atoms with E-state index in [9.17, 15) is 0 Å². The molecule has 2 heteroatoms. The third-order valence-electron chi connectivity index (χ3n) is 2.99. The summed E-state index contributed by atoms with van der Waals surface area (Å²) in [6.07, 6.45) is 0.987. The summed E-state index contributed by atoms with van der Waals surface area (Å²) in [5.41, 5.74) is 2.35. The van der Waals surface area contributed by atoms with Gasteiger partial charge in [-0.05, 0) is 45.9 Å². The van der Waals surface area contributed by atoms with Crippen LogP contribution in [0, 0.1) is 13.8 Å². The summed E-state index contributed by atoms with van der Waals surface area (Å²) in [5.74, 6) is 0.991. The summed E-state index contributed by atoms with van der Waals surface area (Å²) in [5, 5.41) is 3.19. The zero-order valence-electron chi connectivity index (χ0n) is 11.1. The van der Waals surface area contributed by atoms with Crippen molar-refractivity contribution in [3.63, 3.8) is 0 Å². The second-order valence-corrected chi connectivity index (χ2v) is 4.70. The van der Waals surface area contributed by atoms with Crippen molar-refractivity contribution in [2.24, 2.45) is 0 Å². The van der Waals surface area contributed by atoms with Gasteiger partial charge in [0.05, 0.1) is 0 Å². The van der Waals surface area contributed by atoms with Crippen molar-refractivity contribution in [2.45, 2.75) is 39.7 Å². The van der Waals surface area contributed by atoms with Gasteiger partial charge in [-0.25, -0.2) is 0 Å². The predicted octanol–water partition coefficient (Wildman–Crippen LogP) is 3.07. The van der Waals surface area contributed by atoms with Crippen molar-refractivity contribution in [3.8, 4) is 5.75 Å². The van der Waals surface area contributed by atoms with Crippen LogP contribution in [0.5, 0.6) is 5.75 Å². The molecule has 0 saturated carbocycles. The van der Waals surface area contributed by atoms with Gasteiger partial charge in [0, 0.05) is 6.54 Å². The minimum absolute atomic E-state index is 0.130. The van der Waals surface area contributed by atoms with Crippen LogP contribution in [-0.4, -0.2) is 19.2 Å². The maximum Gasteiger partial charge on any atom is 0.123 e. The second-order valence-electron chi connectivity index (χ2n) is 4.70. The Labute approximate surface area is 99.0 Å². The number of hydrogen-bond acceptors (Lipinski definition) is 2. The zero-order chi connectivity index (χ0) is 12.2. The van der Waals surface area contributed by atoms with Gasteiger partial charge in [-0.15, -0.1) is 0 Å². The summed E-state index contributed by atoms with van der Waals surface area (Å²) < 4.78 is 6.11. The predicted molar refractivity (Wildman–Crippen MR) is 69.2 cm³/mol. The first kappa shape index (κ1) is 13.0. The van der Waals surface area contributed by atoms with Gasteiger partial charge < -0.3 is 10.1 Å². The van der Waals surface area contributed by atoms with Gasteiger partial charge in [0.1, 0.15) is 11.4 Å². The highest BCUT2D eigenvalue weighted by Crippen LogP contribution is 2.25. The average Bonchev–Trinajstić information content (AvgIpc) is 2.23. The highest BCUT2D eigenvalue weighted by molar-refractivity contribution is 5.36. The van der Waals surface area contributed by atoms with E-state index in [0.717, 1.165) is 18.7 Å². The van der Waals surface area contributed by atoms with Crippen LogP contribution in [-0.2, 0) is 0 Å². The Bertz CT molecular complexity index is 349. The molecule has 0 saturated heterocycles. The molecule has 1 atom stereocenters. The van der Waals surface area contributed by atoms with E-state index in [0.29, 0.717) is 0 Å². The molecule has 1 unspecified atom stereocenters. The number of hydrogen-bond donors (Lipinski definition) is 1. The van der Waals surface area contributed by atoms with Gasteiger partial charge in [0.15, 0.2) is 0 Å². The minimum Gasteiger partial charge on any atom is -0.486 e. The monoisotopic (exact) mass is 221 g/mol. The summed E-state index contributed by atoms with van der Waals surface area (Å²) in [4.78, 5) is 0. The Morgan fingerprint density at radius 1 is 1.31 bits per heavy atom. The smallest absolute Gasteiger partial charge is 0.123 e. The molecule has 0 aliphatic heterocycles. The van der Waals surface area contributed by atoms with E-state index in [-0.39, 0.29) is 5.60 Å². The summed E-state index contributed by atoms with van der Waals surface area (Å²) in [7, 11) is 1.96. The normalized spacial score (nSPS) is 14.6. The number of nitrogens with one attached hydrogen (secondary N) is 1. The highest BCUT2D eigenvalue weighted by Gasteiger charge is 2.23. The van der Waals surface area contributed by atoms with Crippen LogP contribution in [0.1, 0.15) is 31.4 Å². The number of aryl methyl sites for hydroxylation is 2. The molecule has 0 aromatic heterocycles. The highest BCUT2D eigenvalue weighted by atomic mass is 16.5. The number of likely N-dealkylation sites (N-methyl/N-ethyl adjacent to an activating group) is 1. The van der Waals surface area contributed by atoms with Gasteiger partial charge in [0.2, 0.25) is 0 Å². The molecule has 1 rings (SSSR count). The van der Waals surface area contributed by atoms with Crippen LogP contribution >= 0.6 is 0 Å². The Morgan fingerprint density at radius 2 is 2.00 bits per heavy atom. The molecule has 0 heterocycles. The lowest BCUT2D eigenvalue weighted by Gasteiger charge is -2.30. The molecule has 90 valence electrons. The zero-order valence-corrected chi connectivity index (χ0v) is 11.1. The quantitative estimate of drug-likeness (QED) is 0.825. The molecule has 0 bridgehead atoms. The van der Waals surface area contributed by atoms with Crippen molar-refractivity contribution in [1.82, 2.24) is 5.32 Å². The van der Waals surface area contributed by atoms with Crippen molar-refractivity contribution in [1.29, 1.82) is 0 Å². The minimum atomic E-state index is -0.130. The first-order valence-corrected chi connectivity index (χ1v) is 5.91. The van der Waals surface area contributed by atoms with E-state index >= 15 is 0 Å². The number of rotatable bonds is 5. The molecule has 16 heavy (non-hydrogen) atoms. The fraction of sp³-hybridized carbons (Fsp3) is 0.571. The van der Waals surface area contributed by atoms with E-state index in [4.69, 9.17) is 4.74 Å². The van der Waals surface area contributed by atoms with Crippen LogP contribution in [0.3, 0.4) is 0 Å². The average molecular weight is 221 g/mol. The summed E-state index contributed by atoms with van der Waals surface area (Å²) in [6, 6.07) is 6.32. The standard InChI is InChI=1S/C14H23NO/c1-6-14(4,10-15-5)16-13-8-7-11(2)9-12(13)3/h7-9,15H,6,10H2,1-5H3. The maximum absolute atomic E-state index is 6.11. The van der Waals surface area contributed by atoms with Gasteiger partial charge in [0.25, 0.3) is 0 Å². The van der Waals surface area contributed by atoms with E-state index in [1.54, 1.807) is 0 Å². The Morgan fingerprint density at radius 3 is 2.50 bits per heavy atom. The van der Waals surface area contributed by atoms with E-state index in [1.165, 1.54) is 11.1 Å². The van der Waals surface area contributed by atoms with Gasteiger partial charge >= 0.3 is 0 Å². The first-order valence-electron chi connectivity index (χ1n) is 5.91. The number of benzene rings is 1. The van der Waals surface area contributed by atoms with E-state index in [2.05, 4.69) is 51.2 Å².